The first-order valence-corrected chi connectivity index (χ1v) is 9.62. The van der Waals surface area contributed by atoms with E-state index in [0.29, 0.717) is 11.8 Å². The average molecular weight is 327 g/mol. The van der Waals surface area contributed by atoms with Gasteiger partial charge in [-0.3, -0.25) is 9.78 Å². The summed E-state index contributed by atoms with van der Waals surface area (Å²) in [4.78, 5) is 21.4. The number of nitrogens with zero attached hydrogens (tertiary/aromatic N) is 3. The monoisotopic (exact) mass is 327 g/mol. The Bertz CT molecular complexity index is 552. The Morgan fingerprint density at radius 1 is 1.12 bits per heavy atom. The molecule has 0 bridgehead atoms. The topological polar surface area (TPSA) is 36.4 Å². The molecule has 0 atom stereocenters. The number of hydrogen-bond donors (Lipinski definition) is 0. The highest BCUT2D eigenvalue weighted by molar-refractivity contribution is 5.78. The first-order valence-electron chi connectivity index (χ1n) is 9.62. The molecule has 4 nitrogen and oxygen atoms in total. The summed E-state index contributed by atoms with van der Waals surface area (Å²) in [6.07, 6.45) is 12.0. The molecule has 4 heteroatoms. The van der Waals surface area contributed by atoms with Crippen molar-refractivity contribution in [3.63, 3.8) is 0 Å². The second kappa shape index (κ2) is 6.83. The number of carbonyl (C=O) groups is 1. The van der Waals surface area contributed by atoms with Crippen molar-refractivity contribution in [1.82, 2.24) is 14.8 Å². The molecular weight excluding hydrogens is 298 g/mol. The molecule has 130 valence electrons. The number of rotatable bonds is 4. The van der Waals surface area contributed by atoms with E-state index in [0.717, 1.165) is 24.6 Å². The highest BCUT2D eigenvalue weighted by Gasteiger charge is 2.39. The smallest absolute Gasteiger partial charge is 0.227 e. The second-order valence-electron chi connectivity index (χ2n) is 8.16. The van der Waals surface area contributed by atoms with Gasteiger partial charge in [-0.25, -0.2) is 0 Å². The molecular formula is C20H29N3O. The van der Waals surface area contributed by atoms with Gasteiger partial charge in [0, 0.05) is 32.0 Å². The lowest BCUT2D eigenvalue weighted by Crippen LogP contribution is -2.48. The van der Waals surface area contributed by atoms with Gasteiger partial charge >= 0.3 is 0 Å². The summed E-state index contributed by atoms with van der Waals surface area (Å²) >= 11 is 0. The minimum absolute atomic E-state index is 0.268. The lowest BCUT2D eigenvalue weighted by atomic mass is 9.71. The quantitative estimate of drug-likeness (QED) is 0.853. The van der Waals surface area contributed by atoms with Gasteiger partial charge in [-0.2, -0.15) is 0 Å². The summed E-state index contributed by atoms with van der Waals surface area (Å²) in [5.74, 6) is 1.27. The Morgan fingerprint density at radius 3 is 2.46 bits per heavy atom. The van der Waals surface area contributed by atoms with Crippen LogP contribution in [0, 0.1) is 11.3 Å². The minimum Gasteiger partial charge on any atom is -0.342 e. The van der Waals surface area contributed by atoms with E-state index in [4.69, 9.17) is 0 Å². The Morgan fingerprint density at radius 2 is 1.83 bits per heavy atom. The van der Waals surface area contributed by atoms with E-state index in [1.807, 2.05) is 12.1 Å². The third kappa shape index (κ3) is 3.80. The van der Waals surface area contributed by atoms with Crippen LogP contribution in [0.1, 0.15) is 44.1 Å². The fraction of sp³-hybridized carbons (Fsp3) is 0.700. The Balaban J connectivity index is 1.25. The maximum Gasteiger partial charge on any atom is 0.227 e. The molecule has 3 fully saturated rings. The van der Waals surface area contributed by atoms with Gasteiger partial charge in [0.15, 0.2) is 0 Å². The number of pyridine rings is 1. The van der Waals surface area contributed by atoms with Crippen LogP contribution in [0.25, 0.3) is 0 Å². The van der Waals surface area contributed by atoms with Crippen LogP contribution in [0.2, 0.25) is 0 Å². The first kappa shape index (κ1) is 16.1. The first-order chi connectivity index (χ1) is 11.7. The van der Waals surface area contributed by atoms with Crippen molar-refractivity contribution in [2.75, 3.05) is 32.7 Å². The molecule has 1 aromatic rings. The van der Waals surface area contributed by atoms with Gasteiger partial charge in [0.05, 0.1) is 6.42 Å². The van der Waals surface area contributed by atoms with Crippen LogP contribution in [-0.4, -0.2) is 53.4 Å². The molecule has 2 aliphatic heterocycles. The summed E-state index contributed by atoms with van der Waals surface area (Å²) in [6.45, 7) is 5.79. The van der Waals surface area contributed by atoms with Crippen molar-refractivity contribution in [1.29, 1.82) is 0 Å². The molecule has 0 N–H and O–H groups in total. The van der Waals surface area contributed by atoms with Crippen LogP contribution >= 0.6 is 0 Å². The van der Waals surface area contributed by atoms with Gasteiger partial charge in [0.1, 0.15) is 0 Å². The van der Waals surface area contributed by atoms with E-state index in [2.05, 4.69) is 14.8 Å². The maximum atomic E-state index is 12.5. The zero-order valence-corrected chi connectivity index (χ0v) is 14.6. The standard InChI is InChI=1S/C20H29N3O/c24-19(14-18-2-1-9-21-15-18)23-12-7-20(8-13-23)5-10-22(11-6-20)16-17-3-4-17/h1-2,9,15,17H,3-8,10-14,16H2. The van der Waals surface area contributed by atoms with Crippen LogP contribution < -0.4 is 0 Å². The largest absolute Gasteiger partial charge is 0.342 e. The summed E-state index contributed by atoms with van der Waals surface area (Å²) in [5, 5.41) is 0. The molecule has 0 aromatic carbocycles. The summed E-state index contributed by atoms with van der Waals surface area (Å²) < 4.78 is 0. The van der Waals surface area contributed by atoms with Gasteiger partial charge in [-0.05, 0) is 74.6 Å². The van der Waals surface area contributed by atoms with E-state index in [1.54, 1.807) is 12.4 Å². The zero-order chi connectivity index (χ0) is 16.4. The number of carbonyl (C=O) groups excluding carboxylic acids is 1. The molecule has 0 unspecified atom stereocenters. The molecule has 1 aromatic heterocycles. The molecule has 1 amide bonds. The highest BCUT2D eigenvalue weighted by Crippen LogP contribution is 2.42. The Kier molecular flexibility index (Phi) is 4.57. The molecule has 1 spiro atoms. The van der Waals surface area contributed by atoms with Gasteiger partial charge in [-0.1, -0.05) is 6.07 Å². The molecule has 0 radical (unpaired) electrons. The molecule has 1 aliphatic carbocycles. The predicted molar refractivity (Wildman–Crippen MR) is 94.6 cm³/mol. The fourth-order valence-electron chi connectivity index (χ4n) is 4.40. The molecule has 3 aliphatic rings. The van der Waals surface area contributed by atoms with Crippen molar-refractivity contribution < 1.29 is 4.79 Å². The highest BCUT2D eigenvalue weighted by atomic mass is 16.2. The van der Waals surface area contributed by atoms with Gasteiger partial charge in [0.2, 0.25) is 5.91 Å². The van der Waals surface area contributed by atoms with E-state index >= 15 is 0 Å². The number of hydrogen-bond acceptors (Lipinski definition) is 3. The third-order valence-electron chi connectivity index (χ3n) is 6.38. The maximum absolute atomic E-state index is 12.5. The van der Waals surface area contributed by atoms with Crippen LogP contribution in [-0.2, 0) is 11.2 Å². The van der Waals surface area contributed by atoms with Crippen molar-refractivity contribution in [3.05, 3.63) is 30.1 Å². The Labute approximate surface area is 145 Å². The van der Waals surface area contributed by atoms with Crippen molar-refractivity contribution in [2.45, 2.75) is 44.9 Å². The van der Waals surface area contributed by atoms with Gasteiger partial charge in [0.25, 0.3) is 0 Å². The number of aromatic nitrogens is 1. The third-order valence-corrected chi connectivity index (χ3v) is 6.38. The van der Waals surface area contributed by atoms with Crippen LogP contribution in [0.15, 0.2) is 24.5 Å². The van der Waals surface area contributed by atoms with Crippen molar-refractivity contribution in [2.24, 2.45) is 11.3 Å². The fourth-order valence-corrected chi connectivity index (χ4v) is 4.40. The second-order valence-corrected chi connectivity index (χ2v) is 8.16. The summed E-state index contributed by atoms with van der Waals surface area (Å²) in [6, 6.07) is 3.90. The van der Waals surface area contributed by atoms with Crippen molar-refractivity contribution in [3.8, 4) is 0 Å². The van der Waals surface area contributed by atoms with E-state index in [-0.39, 0.29) is 5.91 Å². The zero-order valence-electron chi connectivity index (χ0n) is 14.6. The average Bonchev–Trinajstić information content (AvgIpc) is 3.43. The van der Waals surface area contributed by atoms with E-state index < -0.39 is 0 Å². The summed E-state index contributed by atoms with van der Waals surface area (Å²) in [7, 11) is 0. The predicted octanol–water partition coefficient (Wildman–Crippen LogP) is 2.74. The van der Waals surface area contributed by atoms with Crippen LogP contribution in [0.5, 0.6) is 0 Å². The van der Waals surface area contributed by atoms with E-state index in [9.17, 15) is 4.79 Å². The van der Waals surface area contributed by atoms with Crippen LogP contribution in [0.4, 0.5) is 0 Å². The minimum atomic E-state index is 0.268. The molecule has 3 heterocycles. The van der Waals surface area contributed by atoms with Gasteiger partial charge in [-0.15, -0.1) is 0 Å². The molecule has 24 heavy (non-hydrogen) atoms. The van der Waals surface area contributed by atoms with Gasteiger partial charge < -0.3 is 9.80 Å². The molecule has 4 rings (SSSR count). The number of likely N-dealkylation sites (tertiary alicyclic amines) is 2. The lowest BCUT2D eigenvalue weighted by molar-refractivity contribution is -0.133. The summed E-state index contributed by atoms with van der Waals surface area (Å²) in [5.41, 5.74) is 1.54. The normalized spacial score (nSPS) is 24.2. The van der Waals surface area contributed by atoms with E-state index in [1.165, 1.54) is 58.2 Å². The molecule has 1 saturated carbocycles. The Hall–Kier alpha value is -1.42. The number of piperidine rings is 2. The van der Waals surface area contributed by atoms with Crippen molar-refractivity contribution >= 4 is 5.91 Å². The SMILES string of the molecule is O=C(Cc1cccnc1)N1CCC2(CCN(CC3CC3)CC2)CC1. The van der Waals surface area contributed by atoms with Crippen LogP contribution in [0.3, 0.4) is 0 Å². The molecule has 2 saturated heterocycles. The number of amides is 1. The lowest BCUT2D eigenvalue weighted by Gasteiger charge is -2.47.